The van der Waals surface area contributed by atoms with Crippen LogP contribution in [0.1, 0.15) is 24.9 Å². The highest BCUT2D eigenvalue weighted by atomic mass is 35.5. The number of rotatable bonds is 18. The van der Waals surface area contributed by atoms with Gasteiger partial charge >= 0.3 is 36.1 Å². The summed E-state index contributed by atoms with van der Waals surface area (Å²) in [6.07, 6.45) is 13.6. The maximum absolute atomic E-state index is 11.3. The molecular formula is C32H36Cl2N14O12. The summed E-state index contributed by atoms with van der Waals surface area (Å²) in [6.45, 7) is 0.215. The van der Waals surface area contributed by atoms with Crippen LogP contribution in [0.2, 0.25) is 0 Å². The van der Waals surface area contributed by atoms with Gasteiger partial charge in [-0.15, -0.1) is 39.8 Å². The fraction of sp³-hybridized carbons (Fsp3) is 0.250. The number of halogens is 2. The molecule has 0 bridgehead atoms. The van der Waals surface area contributed by atoms with Gasteiger partial charge in [0.25, 0.3) is 12.7 Å². The van der Waals surface area contributed by atoms with Gasteiger partial charge in [0.15, 0.2) is 12.7 Å². The van der Waals surface area contributed by atoms with Gasteiger partial charge in [-0.25, -0.2) is 18.7 Å². The van der Waals surface area contributed by atoms with Gasteiger partial charge in [-0.3, -0.25) is 9.59 Å². The molecule has 2 unspecified atom stereocenters. The topological polar surface area (TPSA) is 350 Å². The molecule has 4 rings (SSSR count). The minimum absolute atomic E-state index is 0. The van der Waals surface area contributed by atoms with Crippen molar-refractivity contribution in [3.05, 3.63) is 97.2 Å². The lowest BCUT2D eigenvalue weighted by atomic mass is 10.3. The number of pyridine rings is 2. The Labute approximate surface area is 348 Å². The molecule has 320 valence electrons. The highest BCUT2D eigenvalue weighted by Crippen LogP contribution is 2.01. The van der Waals surface area contributed by atoms with Crippen molar-refractivity contribution in [3.63, 3.8) is 0 Å². The van der Waals surface area contributed by atoms with Crippen LogP contribution >= 0.6 is 0 Å². The second kappa shape index (κ2) is 26.2. The van der Waals surface area contributed by atoms with E-state index < -0.39 is 48.1 Å². The molecule has 0 aliphatic rings. The van der Waals surface area contributed by atoms with Crippen molar-refractivity contribution in [1.82, 2.24) is 18.3 Å². The summed E-state index contributed by atoms with van der Waals surface area (Å²) >= 11 is 0. The lowest BCUT2D eigenvalue weighted by molar-refractivity contribution is -0.707. The number of carbonyl (C=O) groups is 6. The molecular weight excluding hydrogens is 843 g/mol. The lowest BCUT2D eigenvalue weighted by Gasteiger charge is -2.03. The molecule has 0 saturated heterocycles. The van der Waals surface area contributed by atoms with Crippen molar-refractivity contribution >= 4 is 48.7 Å². The number of hydrogen-bond acceptors (Lipinski definition) is 12. The molecule has 4 heterocycles. The Morgan fingerprint density at radius 3 is 1.20 bits per heavy atom. The largest absolute Gasteiger partial charge is 1.00 e. The SMILES string of the molecule is O=C(O)CCn1ccc(=NN=CN=NCC(C(=O)O)[n+]2ccn(C(=O)O)c2)cc1.O=C(O)CCn1ccc(=NN=CN=NCC(C(=O)O)[n+]2ccn(C(=O)O)c2)cc1.[Cl-].[Cl-]. The van der Waals surface area contributed by atoms with E-state index in [0.717, 1.165) is 34.5 Å². The first-order chi connectivity index (χ1) is 27.7. The highest BCUT2D eigenvalue weighted by Gasteiger charge is 2.27. The van der Waals surface area contributed by atoms with Crippen molar-refractivity contribution in [2.45, 2.75) is 38.0 Å². The third kappa shape index (κ3) is 18.0. The molecule has 4 aromatic rings. The Kier molecular flexibility index (Phi) is 22.0. The van der Waals surface area contributed by atoms with E-state index in [2.05, 4.69) is 40.9 Å². The van der Waals surface area contributed by atoms with Crippen LogP contribution in [0.5, 0.6) is 0 Å². The zero-order chi connectivity index (χ0) is 42.5. The molecule has 0 fully saturated rings. The first kappa shape index (κ1) is 50.3. The van der Waals surface area contributed by atoms with Gasteiger partial charge in [0, 0.05) is 37.9 Å². The number of aryl methyl sites for hydroxylation is 2. The molecule has 28 heteroatoms. The van der Waals surface area contributed by atoms with Gasteiger partial charge in [0.05, 0.1) is 23.6 Å². The van der Waals surface area contributed by atoms with E-state index in [9.17, 15) is 39.0 Å². The van der Waals surface area contributed by atoms with E-state index in [4.69, 9.17) is 20.4 Å². The Morgan fingerprint density at radius 2 is 0.917 bits per heavy atom. The van der Waals surface area contributed by atoms with Gasteiger partial charge in [-0.05, 0) is 24.3 Å². The van der Waals surface area contributed by atoms with E-state index in [1.54, 1.807) is 58.2 Å². The quantitative estimate of drug-likeness (QED) is 0.0179. The van der Waals surface area contributed by atoms with Crippen molar-refractivity contribution in [2.24, 2.45) is 40.9 Å². The Morgan fingerprint density at radius 1 is 0.567 bits per heavy atom. The van der Waals surface area contributed by atoms with Crippen LogP contribution < -0.4 is 44.7 Å². The average molecular weight is 880 g/mol. The van der Waals surface area contributed by atoms with Crippen LogP contribution in [-0.4, -0.2) is 111 Å². The zero-order valence-corrected chi connectivity index (χ0v) is 32.3. The fourth-order valence-electron chi connectivity index (χ4n) is 4.27. The molecule has 6 N–H and O–H groups in total. The summed E-state index contributed by atoms with van der Waals surface area (Å²) in [4.78, 5) is 65.4. The van der Waals surface area contributed by atoms with Crippen molar-refractivity contribution in [3.8, 4) is 0 Å². The first-order valence-corrected chi connectivity index (χ1v) is 16.4. The maximum Gasteiger partial charge on any atom is 0.509 e. The lowest BCUT2D eigenvalue weighted by Crippen LogP contribution is -3.00. The molecule has 4 aromatic heterocycles. The number of carboxylic acids is 4. The number of carboxylic acid groups (broad SMARTS) is 6. The molecule has 0 aliphatic heterocycles. The summed E-state index contributed by atoms with van der Waals surface area (Å²) in [5.74, 6) is -4.16. The van der Waals surface area contributed by atoms with E-state index in [-0.39, 0.29) is 50.7 Å². The van der Waals surface area contributed by atoms with Gasteiger partial charge in [0.1, 0.15) is 37.9 Å². The monoisotopic (exact) mass is 878 g/mol. The summed E-state index contributed by atoms with van der Waals surface area (Å²) in [7, 11) is 0. The van der Waals surface area contributed by atoms with Crippen LogP contribution in [0.15, 0.2) is 127 Å². The van der Waals surface area contributed by atoms with Crippen LogP contribution in [0.3, 0.4) is 0 Å². The Hall–Kier alpha value is -7.74. The second-order valence-corrected chi connectivity index (χ2v) is 11.2. The van der Waals surface area contributed by atoms with Gasteiger partial charge < -0.3 is 64.6 Å². The number of aromatic nitrogens is 6. The number of nitrogens with zero attached hydrogens (tertiary/aromatic N) is 14. The van der Waals surface area contributed by atoms with E-state index >= 15 is 0 Å². The smallest absolute Gasteiger partial charge is 0.509 e. The van der Waals surface area contributed by atoms with Crippen LogP contribution in [-0.2, 0) is 32.3 Å². The summed E-state index contributed by atoms with van der Waals surface area (Å²) in [5.41, 5.74) is 0. The minimum Gasteiger partial charge on any atom is -1.00 e. The zero-order valence-electron chi connectivity index (χ0n) is 30.8. The normalized spacial score (nSPS) is 11.9. The number of hydrogen-bond donors (Lipinski definition) is 6. The number of azo groups is 2. The maximum atomic E-state index is 11.3. The standard InChI is InChI=1S/2C16H17N7O6.2ClH/c2*24-14(25)3-6-21-4-1-12(2-5-21)20-19-10-18-17-9-13(15(26)27)22-7-8-23(11-22)16(28)29;;/h2*1-2,4-5,7-8,10-11,13H,3,6,9H2,(H2-,24,25,26,27,28,29);2*1H. The Bertz CT molecular complexity index is 2150. The molecule has 0 amide bonds. The number of imidazole rings is 2. The molecule has 0 spiro atoms. The van der Waals surface area contributed by atoms with Gasteiger partial charge in [-0.1, -0.05) is 0 Å². The van der Waals surface area contributed by atoms with E-state index in [1.807, 2.05) is 0 Å². The molecule has 0 aromatic carbocycles. The van der Waals surface area contributed by atoms with Crippen LogP contribution in [0.25, 0.3) is 0 Å². The second-order valence-electron chi connectivity index (χ2n) is 11.2. The number of aliphatic carboxylic acids is 4. The van der Waals surface area contributed by atoms with Gasteiger partial charge in [-0.2, -0.15) is 19.8 Å². The van der Waals surface area contributed by atoms with Crippen molar-refractivity contribution in [2.75, 3.05) is 13.1 Å². The predicted molar refractivity (Wildman–Crippen MR) is 190 cm³/mol. The van der Waals surface area contributed by atoms with E-state index in [1.165, 1.54) is 33.9 Å². The highest BCUT2D eigenvalue weighted by molar-refractivity contribution is 5.71. The fourth-order valence-corrected chi connectivity index (χ4v) is 4.27. The van der Waals surface area contributed by atoms with Crippen LogP contribution in [0, 0.1) is 0 Å². The summed E-state index contributed by atoms with van der Waals surface area (Å²) < 4.78 is 7.41. The first-order valence-electron chi connectivity index (χ1n) is 16.4. The summed E-state index contributed by atoms with van der Waals surface area (Å²) in [5, 5.41) is 84.3. The Balaban J connectivity index is 0.000000581. The predicted octanol–water partition coefficient (Wildman–Crippen LogP) is -5.59. The molecule has 2 atom stereocenters. The third-order valence-electron chi connectivity index (χ3n) is 7.19. The molecule has 0 radical (unpaired) electrons. The van der Waals surface area contributed by atoms with Gasteiger partial charge in [0.2, 0.25) is 12.1 Å². The molecule has 0 saturated carbocycles. The van der Waals surface area contributed by atoms with Crippen molar-refractivity contribution in [1.29, 1.82) is 0 Å². The minimum atomic E-state index is -1.24. The average Bonchev–Trinajstić information content (AvgIpc) is 3.88. The molecule has 0 aliphatic carbocycles. The molecule has 60 heavy (non-hydrogen) atoms. The molecule has 26 nitrogen and oxygen atoms in total. The van der Waals surface area contributed by atoms with E-state index in [0.29, 0.717) is 23.8 Å². The van der Waals surface area contributed by atoms with Crippen LogP contribution in [0.4, 0.5) is 9.59 Å². The third-order valence-corrected chi connectivity index (χ3v) is 7.19. The van der Waals surface area contributed by atoms with Crippen molar-refractivity contribution < 1.29 is 93.4 Å². The summed E-state index contributed by atoms with van der Waals surface area (Å²) in [6, 6.07) is 4.31.